The minimum atomic E-state index is -0.520. The number of carbonyl (C=O) groups is 2. The molecule has 2 fully saturated rings. The summed E-state index contributed by atoms with van der Waals surface area (Å²) in [4.78, 5) is 37.4. The molecule has 2 saturated carbocycles. The highest BCUT2D eigenvalue weighted by atomic mass is 19.1. The van der Waals surface area contributed by atoms with E-state index in [4.69, 9.17) is 14.2 Å². The Kier molecular flexibility index (Phi) is 7.97. The lowest BCUT2D eigenvalue weighted by Crippen LogP contribution is -2.44. The van der Waals surface area contributed by atoms with Gasteiger partial charge in [-0.15, -0.1) is 0 Å². The molecule has 1 aromatic carbocycles. The van der Waals surface area contributed by atoms with Gasteiger partial charge in [-0.25, -0.2) is 14.4 Å². The van der Waals surface area contributed by atoms with Gasteiger partial charge in [0.1, 0.15) is 29.9 Å². The molecule has 5 rings (SSSR count). The largest absolute Gasteiger partial charge is 0.494 e. The van der Waals surface area contributed by atoms with Crippen LogP contribution in [0.15, 0.2) is 18.5 Å². The van der Waals surface area contributed by atoms with Crippen molar-refractivity contribution in [2.75, 3.05) is 27.4 Å². The third kappa shape index (κ3) is 5.98. The molecular weight excluding hydrogens is 505 g/mol. The van der Waals surface area contributed by atoms with Gasteiger partial charge < -0.3 is 29.8 Å². The second-order valence-electron chi connectivity index (χ2n) is 10.3. The third-order valence-corrected chi connectivity index (χ3v) is 7.38. The van der Waals surface area contributed by atoms with Crippen LogP contribution < -0.4 is 20.1 Å². The molecule has 39 heavy (non-hydrogen) atoms. The standard InChI is InChI=1S/C28H34FN5O5/c1-15-24(28(36)34-18-8-6-17(7-9-18)33-23(35)13-37-2)26-27(32-15)25(30-14-31-26)19-10-22(38-3)20(29)11-21(19)39-12-16-4-5-16/h10-11,14,16-18,32H,4-9,12-13H2,1-3H3,(H,33,35)(H,34,36). The molecule has 11 heteroatoms. The molecule has 2 aliphatic carbocycles. The monoisotopic (exact) mass is 539 g/mol. The molecule has 2 aromatic heterocycles. The Hall–Kier alpha value is -3.73. The van der Waals surface area contributed by atoms with Crippen LogP contribution in [0.5, 0.6) is 11.5 Å². The van der Waals surface area contributed by atoms with E-state index in [9.17, 15) is 14.0 Å². The van der Waals surface area contributed by atoms with E-state index in [1.54, 1.807) is 6.07 Å². The number of aromatic amines is 1. The minimum absolute atomic E-state index is 0.0116. The number of amides is 2. The Bertz CT molecular complexity index is 1360. The second-order valence-corrected chi connectivity index (χ2v) is 10.3. The average molecular weight is 540 g/mol. The number of nitrogens with zero attached hydrogens (tertiary/aromatic N) is 2. The number of H-pyrrole nitrogens is 1. The van der Waals surface area contributed by atoms with E-state index in [2.05, 4.69) is 25.6 Å². The number of hydrogen-bond acceptors (Lipinski definition) is 7. The Labute approximate surface area is 226 Å². The number of rotatable bonds is 10. The predicted octanol–water partition coefficient (Wildman–Crippen LogP) is 3.67. The smallest absolute Gasteiger partial charge is 0.255 e. The lowest BCUT2D eigenvalue weighted by Gasteiger charge is -2.29. The van der Waals surface area contributed by atoms with Gasteiger partial charge in [0.2, 0.25) is 5.91 Å². The van der Waals surface area contributed by atoms with Gasteiger partial charge in [0.25, 0.3) is 5.91 Å². The van der Waals surface area contributed by atoms with Crippen LogP contribution in [0.25, 0.3) is 22.3 Å². The van der Waals surface area contributed by atoms with Crippen molar-refractivity contribution in [2.45, 2.75) is 57.5 Å². The van der Waals surface area contributed by atoms with Crippen LogP contribution in [0.4, 0.5) is 4.39 Å². The lowest BCUT2D eigenvalue weighted by atomic mass is 9.91. The van der Waals surface area contributed by atoms with Gasteiger partial charge in [0.05, 0.1) is 24.8 Å². The topological polar surface area (TPSA) is 127 Å². The average Bonchev–Trinajstić information content (AvgIpc) is 3.68. The van der Waals surface area contributed by atoms with Gasteiger partial charge in [0, 0.05) is 36.5 Å². The van der Waals surface area contributed by atoms with E-state index < -0.39 is 5.82 Å². The Balaban J connectivity index is 1.37. The highest BCUT2D eigenvalue weighted by molar-refractivity contribution is 6.09. The number of fused-ring (bicyclic) bond motifs is 1. The normalized spacial score (nSPS) is 19.1. The van der Waals surface area contributed by atoms with E-state index in [0.29, 0.717) is 51.8 Å². The molecule has 0 atom stereocenters. The number of hydrogen-bond donors (Lipinski definition) is 3. The zero-order chi connectivity index (χ0) is 27.5. The molecule has 2 amide bonds. The summed E-state index contributed by atoms with van der Waals surface area (Å²) in [5.41, 5.74) is 3.20. The summed E-state index contributed by atoms with van der Waals surface area (Å²) in [6.45, 7) is 2.36. The van der Waals surface area contributed by atoms with Crippen molar-refractivity contribution in [3.63, 3.8) is 0 Å². The van der Waals surface area contributed by atoms with E-state index in [1.165, 1.54) is 26.6 Å². The molecule has 10 nitrogen and oxygen atoms in total. The zero-order valence-electron chi connectivity index (χ0n) is 22.4. The van der Waals surface area contributed by atoms with Crippen LogP contribution in [0.3, 0.4) is 0 Å². The van der Waals surface area contributed by atoms with Crippen molar-refractivity contribution in [2.24, 2.45) is 5.92 Å². The molecule has 2 aliphatic rings. The first-order valence-electron chi connectivity index (χ1n) is 13.3. The number of halogens is 1. The van der Waals surface area contributed by atoms with Gasteiger partial charge in [-0.1, -0.05) is 0 Å². The molecule has 3 aromatic rings. The number of nitrogens with one attached hydrogen (secondary N) is 3. The Morgan fingerprint density at radius 2 is 1.74 bits per heavy atom. The fraction of sp³-hybridized carbons (Fsp3) is 0.500. The number of carbonyl (C=O) groups excluding carboxylic acids is 2. The van der Waals surface area contributed by atoms with Crippen LogP contribution >= 0.6 is 0 Å². The van der Waals surface area contributed by atoms with Crippen LogP contribution in [-0.4, -0.2) is 66.3 Å². The molecule has 0 unspecified atom stereocenters. The van der Waals surface area contributed by atoms with Crippen molar-refractivity contribution in [3.05, 3.63) is 35.5 Å². The maximum atomic E-state index is 14.6. The number of benzene rings is 1. The number of aryl methyl sites for hydroxylation is 1. The zero-order valence-corrected chi connectivity index (χ0v) is 22.4. The summed E-state index contributed by atoms with van der Waals surface area (Å²) in [5.74, 6) is 0.0479. The first kappa shape index (κ1) is 26.9. The molecule has 0 bridgehead atoms. The third-order valence-electron chi connectivity index (χ3n) is 7.38. The van der Waals surface area contributed by atoms with Crippen molar-refractivity contribution in [1.82, 2.24) is 25.6 Å². The van der Waals surface area contributed by atoms with Crippen LogP contribution in [0.1, 0.15) is 54.6 Å². The summed E-state index contributed by atoms with van der Waals surface area (Å²) in [6.07, 6.45) is 6.65. The summed E-state index contributed by atoms with van der Waals surface area (Å²) in [7, 11) is 2.90. The highest BCUT2D eigenvalue weighted by Gasteiger charge is 2.28. The maximum Gasteiger partial charge on any atom is 0.255 e. The molecule has 0 aliphatic heterocycles. The predicted molar refractivity (Wildman–Crippen MR) is 142 cm³/mol. The van der Waals surface area contributed by atoms with Crippen LogP contribution in [-0.2, 0) is 9.53 Å². The first-order valence-corrected chi connectivity index (χ1v) is 13.3. The number of methoxy groups -OCH3 is 2. The number of aromatic nitrogens is 3. The van der Waals surface area contributed by atoms with E-state index >= 15 is 0 Å². The summed E-state index contributed by atoms with van der Waals surface area (Å²) in [6, 6.07) is 2.96. The van der Waals surface area contributed by atoms with E-state index in [0.717, 1.165) is 38.5 Å². The minimum Gasteiger partial charge on any atom is -0.494 e. The van der Waals surface area contributed by atoms with Crippen molar-refractivity contribution in [3.8, 4) is 22.8 Å². The molecule has 0 spiro atoms. The first-order chi connectivity index (χ1) is 18.9. The van der Waals surface area contributed by atoms with Crippen LogP contribution in [0.2, 0.25) is 0 Å². The quantitative estimate of drug-likeness (QED) is 0.359. The maximum absolute atomic E-state index is 14.6. The number of ether oxygens (including phenoxy) is 3. The summed E-state index contributed by atoms with van der Waals surface area (Å²) >= 11 is 0. The van der Waals surface area contributed by atoms with Crippen molar-refractivity contribution >= 4 is 22.8 Å². The molecule has 2 heterocycles. The van der Waals surface area contributed by atoms with Gasteiger partial charge in [0.15, 0.2) is 11.6 Å². The van der Waals surface area contributed by atoms with Gasteiger partial charge in [-0.05, 0) is 57.4 Å². The second kappa shape index (κ2) is 11.6. The molecule has 0 radical (unpaired) electrons. The molecule has 0 saturated heterocycles. The van der Waals surface area contributed by atoms with E-state index in [1.807, 2.05) is 6.92 Å². The summed E-state index contributed by atoms with van der Waals surface area (Å²) in [5, 5.41) is 6.11. The van der Waals surface area contributed by atoms with Crippen molar-refractivity contribution < 1.29 is 28.2 Å². The SMILES string of the molecule is COCC(=O)NC1CCC(NC(=O)c2c(C)[nH]c3c(-c4cc(OC)c(F)cc4OCC4CC4)ncnc23)CC1. The highest BCUT2D eigenvalue weighted by Crippen LogP contribution is 2.39. The van der Waals surface area contributed by atoms with E-state index in [-0.39, 0.29) is 36.3 Å². The van der Waals surface area contributed by atoms with Crippen molar-refractivity contribution in [1.29, 1.82) is 0 Å². The Morgan fingerprint density at radius 1 is 1.03 bits per heavy atom. The van der Waals surface area contributed by atoms with Gasteiger partial charge in [-0.3, -0.25) is 9.59 Å². The molecule has 3 N–H and O–H groups in total. The summed E-state index contributed by atoms with van der Waals surface area (Å²) < 4.78 is 30.7. The van der Waals surface area contributed by atoms with Gasteiger partial charge in [-0.2, -0.15) is 0 Å². The Morgan fingerprint density at radius 3 is 2.41 bits per heavy atom. The lowest BCUT2D eigenvalue weighted by molar-refractivity contribution is -0.125. The van der Waals surface area contributed by atoms with Crippen LogP contribution in [0, 0.1) is 18.7 Å². The fourth-order valence-corrected chi connectivity index (χ4v) is 5.13. The molecule has 208 valence electrons. The molecular formula is C28H34FN5O5. The fourth-order valence-electron chi connectivity index (χ4n) is 5.13. The van der Waals surface area contributed by atoms with Gasteiger partial charge >= 0.3 is 0 Å².